The van der Waals surface area contributed by atoms with Gasteiger partial charge in [-0.1, -0.05) is 23.9 Å². The van der Waals surface area contributed by atoms with E-state index in [1.54, 1.807) is 24.3 Å². The van der Waals surface area contributed by atoms with Crippen LogP contribution in [0.1, 0.15) is 5.76 Å². The first kappa shape index (κ1) is 19.2. The lowest BCUT2D eigenvalue weighted by atomic mass is 10.2. The average molecular weight is 415 g/mol. The minimum atomic E-state index is -0.224. The number of hydrogen-bond acceptors (Lipinski definition) is 8. The molecule has 152 valence electrons. The van der Waals surface area contributed by atoms with Crippen LogP contribution in [0, 0.1) is 6.92 Å². The van der Waals surface area contributed by atoms with Crippen LogP contribution >= 0.6 is 11.8 Å². The van der Waals surface area contributed by atoms with Gasteiger partial charge in [0, 0.05) is 7.05 Å². The molecule has 0 radical (unpaired) electrons. The Bertz CT molecular complexity index is 1020. The molecule has 9 nitrogen and oxygen atoms in total. The van der Waals surface area contributed by atoms with Crippen molar-refractivity contribution in [1.29, 1.82) is 0 Å². The van der Waals surface area contributed by atoms with Crippen LogP contribution in [-0.2, 0) is 4.79 Å². The van der Waals surface area contributed by atoms with Crippen LogP contribution in [0.25, 0.3) is 11.4 Å². The number of fused-ring (bicyclic) bond motifs is 1. The number of furan rings is 1. The van der Waals surface area contributed by atoms with Gasteiger partial charge in [-0.25, -0.2) is 4.68 Å². The summed E-state index contributed by atoms with van der Waals surface area (Å²) in [6, 6.07) is 9.27. The van der Waals surface area contributed by atoms with E-state index in [0.717, 1.165) is 11.3 Å². The lowest BCUT2D eigenvalue weighted by Crippen LogP contribution is -2.42. The number of nitrogens with two attached hydrogens (primary N) is 1. The third kappa shape index (κ3) is 4.02. The van der Waals surface area contributed by atoms with E-state index in [2.05, 4.69) is 10.2 Å². The molecule has 0 saturated heterocycles. The molecule has 2 aromatic heterocycles. The summed E-state index contributed by atoms with van der Waals surface area (Å²) in [5.74, 6) is 8.81. The molecule has 2 N–H and O–H groups in total. The fourth-order valence-electron chi connectivity index (χ4n) is 2.97. The molecule has 4 rings (SSSR count). The first-order chi connectivity index (χ1) is 14.0. The largest absolute Gasteiger partial charge is 0.486 e. The van der Waals surface area contributed by atoms with Gasteiger partial charge in [0.25, 0.3) is 0 Å². The Morgan fingerprint density at radius 3 is 2.86 bits per heavy atom. The molecule has 29 heavy (non-hydrogen) atoms. The van der Waals surface area contributed by atoms with Gasteiger partial charge in [0.2, 0.25) is 11.1 Å². The van der Waals surface area contributed by atoms with Crippen molar-refractivity contribution in [2.75, 3.05) is 31.8 Å². The number of likely N-dealkylation sites (N-methyl/N-ethyl adjacent to an activating group) is 1. The number of benzene rings is 1. The third-order valence-electron chi connectivity index (χ3n) is 4.56. The molecule has 1 aliphatic heterocycles. The van der Waals surface area contributed by atoms with Gasteiger partial charge in [0.05, 0.1) is 24.1 Å². The van der Waals surface area contributed by atoms with Gasteiger partial charge in [0.1, 0.15) is 12.4 Å². The number of aryl methyl sites for hydroxylation is 1. The summed E-state index contributed by atoms with van der Waals surface area (Å²) in [5, 5.41) is 8.63. The number of nitrogen functional groups attached to an aromatic ring is 1. The van der Waals surface area contributed by atoms with Crippen LogP contribution in [0.4, 0.5) is 0 Å². The lowest BCUT2D eigenvalue weighted by Gasteiger charge is -2.29. The molecule has 1 aromatic carbocycles. The van der Waals surface area contributed by atoms with Gasteiger partial charge in [-0.05, 0) is 25.1 Å². The number of rotatable bonds is 6. The van der Waals surface area contributed by atoms with Crippen molar-refractivity contribution < 1.29 is 18.7 Å². The number of aromatic nitrogens is 3. The van der Waals surface area contributed by atoms with Crippen molar-refractivity contribution in [2.24, 2.45) is 0 Å². The summed E-state index contributed by atoms with van der Waals surface area (Å²) in [4.78, 5) is 14.2. The first-order valence-corrected chi connectivity index (χ1v) is 10.0. The highest BCUT2D eigenvalue weighted by atomic mass is 32.2. The maximum atomic E-state index is 12.5. The number of carbonyl (C=O) groups is 1. The summed E-state index contributed by atoms with van der Waals surface area (Å²) in [5.41, 5.74) is 0.769. The number of ether oxygens (including phenoxy) is 2. The van der Waals surface area contributed by atoms with E-state index in [0.29, 0.717) is 35.6 Å². The smallest absolute Gasteiger partial charge is 0.232 e. The predicted molar refractivity (Wildman–Crippen MR) is 107 cm³/mol. The summed E-state index contributed by atoms with van der Waals surface area (Å²) in [7, 11) is 1.74. The second kappa shape index (κ2) is 8.08. The molecule has 0 spiro atoms. The van der Waals surface area contributed by atoms with Crippen molar-refractivity contribution >= 4 is 17.7 Å². The van der Waals surface area contributed by atoms with E-state index < -0.39 is 0 Å². The van der Waals surface area contributed by atoms with Crippen LogP contribution in [0.15, 0.2) is 46.2 Å². The Morgan fingerprint density at radius 2 is 2.10 bits per heavy atom. The average Bonchev–Trinajstić information content (AvgIpc) is 3.30. The van der Waals surface area contributed by atoms with E-state index in [4.69, 9.17) is 19.7 Å². The molecule has 1 amide bonds. The van der Waals surface area contributed by atoms with Gasteiger partial charge in [-0.2, -0.15) is 0 Å². The quantitative estimate of drug-likeness (QED) is 0.481. The molecule has 3 heterocycles. The first-order valence-electron chi connectivity index (χ1n) is 9.03. The molecule has 0 fully saturated rings. The number of thioether (sulfide) groups is 1. The van der Waals surface area contributed by atoms with E-state index >= 15 is 0 Å². The molecule has 0 aliphatic carbocycles. The van der Waals surface area contributed by atoms with Crippen LogP contribution in [0.2, 0.25) is 0 Å². The van der Waals surface area contributed by atoms with E-state index in [9.17, 15) is 4.79 Å². The SMILES string of the molecule is Cc1occc1-c1nnc(SCC(=O)N(C)CC2COc3ccccc3O2)n1N. The van der Waals surface area contributed by atoms with Crippen molar-refractivity contribution in [3.8, 4) is 22.9 Å². The molecular formula is C19H21N5O4S. The Morgan fingerprint density at radius 1 is 1.31 bits per heavy atom. The highest BCUT2D eigenvalue weighted by Crippen LogP contribution is 2.31. The fourth-order valence-corrected chi connectivity index (χ4v) is 3.77. The minimum Gasteiger partial charge on any atom is -0.486 e. The maximum Gasteiger partial charge on any atom is 0.232 e. The van der Waals surface area contributed by atoms with Gasteiger partial charge in [-0.3, -0.25) is 4.79 Å². The minimum absolute atomic E-state index is 0.0681. The van der Waals surface area contributed by atoms with Crippen LogP contribution < -0.4 is 15.3 Å². The Hall–Kier alpha value is -3.14. The normalized spacial score (nSPS) is 15.3. The van der Waals surface area contributed by atoms with Crippen molar-refractivity contribution in [3.05, 3.63) is 42.4 Å². The zero-order valence-electron chi connectivity index (χ0n) is 16.1. The van der Waals surface area contributed by atoms with Gasteiger partial charge >= 0.3 is 0 Å². The second-order valence-corrected chi connectivity index (χ2v) is 7.57. The molecule has 0 saturated carbocycles. The van der Waals surface area contributed by atoms with Crippen molar-refractivity contribution in [3.63, 3.8) is 0 Å². The van der Waals surface area contributed by atoms with Gasteiger partial charge in [0.15, 0.2) is 23.4 Å². The standard InChI is InChI=1S/C19H21N5O4S/c1-12-14(7-8-26-12)18-21-22-19(24(18)20)29-11-17(25)23(2)9-13-10-27-15-5-3-4-6-16(15)28-13/h3-8,13H,9-11,20H2,1-2H3. The number of amides is 1. The number of nitrogens with zero attached hydrogens (tertiary/aromatic N) is 4. The zero-order chi connectivity index (χ0) is 20.4. The highest BCUT2D eigenvalue weighted by molar-refractivity contribution is 7.99. The molecule has 3 aromatic rings. The zero-order valence-corrected chi connectivity index (χ0v) is 16.9. The fraction of sp³-hybridized carbons (Fsp3) is 0.316. The van der Waals surface area contributed by atoms with Crippen LogP contribution in [0.3, 0.4) is 0 Å². The van der Waals surface area contributed by atoms with Gasteiger partial charge < -0.3 is 24.6 Å². The summed E-state index contributed by atoms with van der Waals surface area (Å²) < 4.78 is 18.3. The maximum absolute atomic E-state index is 12.5. The topological polar surface area (TPSA) is 109 Å². The van der Waals surface area contributed by atoms with E-state index in [1.165, 1.54) is 16.4 Å². The van der Waals surface area contributed by atoms with Gasteiger partial charge in [-0.15, -0.1) is 10.2 Å². The number of para-hydroxylation sites is 2. The van der Waals surface area contributed by atoms with E-state index in [-0.39, 0.29) is 17.8 Å². The van der Waals surface area contributed by atoms with E-state index in [1.807, 2.05) is 31.2 Å². The molecular weight excluding hydrogens is 394 g/mol. The molecule has 1 aliphatic rings. The number of hydrogen-bond donors (Lipinski definition) is 1. The lowest BCUT2D eigenvalue weighted by molar-refractivity contribution is -0.128. The van der Waals surface area contributed by atoms with Crippen molar-refractivity contribution in [1.82, 2.24) is 19.8 Å². The predicted octanol–water partition coefficient (Wildman–Crippen LogP) is 1.95. The number of carbonyl (C=O) groups excluding carboxylic acids is 1. The monoisotopic (exact) mass is 415 g/mol. The van der Waals surface area contributed by atoms with Crippen molar-refractivity contribution in [2.45, 2.75) is 18.2 Å². The molecule has 1 unspecified atom stereocenters. The molecule has 10 heteroatoms. The van der Waals surface area contributed by atoms with Crippen LogP contribution in [0.5, 0.6) is 11.5 Å². The second-order valence-electron chi connectivity index (χ2n) is 6.63. The molecule has 1 atom stereocenters. The Balaban J connectivity index is 1.32. The molecule has 0 bridgehead atoms. The Kier molecular flexibility index (Phi) is 5.34. The summed E-state index contributed by atoms with van der Waals surface area (Å²) in [6.45, 7) is 2.64. The summed E-state index contributed by atoms with van der Waals surface area (Å²) in [6.07, 6.45) is 1.35. The summed E-state index contributed by atoms with van der Waals surface area (Å²) >= 11 is 1.23. The third-order valence-corrected chi connectivity index (χ3v) is 5.49. The van der Waals surface area contributed by atoms with Crippen LogP contribution in [-0.4, -0.2) is 57.7 Å². The Labute approximate surface area is 171 Å². The highest BCUT2D eigenvalue weighted by Gasteiger charge is 2.24.